The number of methoxy groups -OCH3 is 1. The van der Waals surface area contributed by atoms with Crippen LogP contribution in [-0.2, 0) is 20.4 Å². The maximum atomic E-state index is 13.0. The number of amides is 1. The highest BCUT2D eigenvalue weighted by molar-refractivity contribution is 7.98. The van der Waals surface area contributed by atoms with E-state index in [1.54, 1.807) is 6.07 Å². The summed E-state index contributed by atoms with van der Waals surface area (Å²) in [4.78, 5) is 25.2. The summed E-state index contributed by atoms with van der Waals surface area (Å²) in [5.41, 5.74) is -1.11. The molecule has 11 heteroatoms. The van der Waals surface area contributed by atoms with Crippen LogP contribution in [0.5, 0.6) is 5.75 Å². The zero-order chi connectivity index (χ0) is 23.0. The number of anilines is 1. The number of carbonyl (C=O) groups excluding carboxylic acids is 2. The fourth-order valence-electron chi connectivity index (χ4n) is 2.35. The van der Waals surface area contributed by atoms with Crippen LogP contribution in [0.1, 0.15) is 15.9 Å². The molecule has 0 aromatic heterocycles. The highest BCUT2D eigenvalue weighted by Crippen LogP contribution is 2.35. The minimum atomic E-state index is -4.62. The van der Waals surface area contributed by atoms with Gasteiger partial charge < -0.3 is 19.5 Å². The first-order chi connectivity index (χ1) is 14.7. The van der Waals surface area contributed by atoms with Gasteiger partial charge in [0.1, 0.15) is 12.4 Å². The molecule has 0 aliphatic heterocycles. The van der Waals surface area contributed by atoms with Crippen LogP contribution in [0.4, 0.5) is 18.9 Å². The second kappa shape index (κ2) is 11.3. The van der Waals surface area contributed by atoms with Crippen LogP contribution < -0.4 is 10.1 Å². The lowest BCUT2D eigenvalue weighted by Crippen LogP contribution is -2.22. The molecule has 0 saturated carbocycles. The molecule has 2 aromatic rings. The van der Waals surface area contributed by atoms with Gasteiger partial charge in [0.05, 0.1) is 28.4 Å². The van der Waals surface area contributed by atoms with E-state index in [9.17, 15) is 22.8 Å². The summed E-state index contributed by atoms with van der Waals surface area (Å²) in [6.45, 7) is -0.474. The minimum Gasteiger partial charge on any atom is -0.489 e. The third kappa shape index (κ3) is 7.34. The van der Waals surface area contributed by atoms with Crippen molar-refractivity contribution in [3.05, 3.63) is 52.5 Å². The first kappa shape index (κ1) is 24.8. The Hall–Kier alpha value is -2.43. The smallest absolute Gasteiger partial charge is 0.416 e. The predicted octanol–water partition coefficient (Wildman–Crippen LogP) is 4.90. The number of alkyl halides is 3. The normalized spacial score (nSPS) is 11.2. The van der Waals surface area contributed by atoms with Gasteiger partial charge in [-0.25, -0.2) is 4.79 Å². The Balaban J connectivity index is 2.10. The Morgan fingerprint density at radius 2 is 1.87 bits per heavy atom. The number of hydrogen-bond donors (Lipinski definition) is 1. The molecule has 0 bridgehead atoms. The average Bonchev–Trinajstić information content (AvgIpc) is 2.72. The summed E-state index contributed by atoms with van der Waals surface area (Å²) in [6.07, 6.45) is -2.80. The van der Waals surface area contributed by atoms with Gasteiger partial charge in [-0.3, -0.25) is 4.79 Å². The minimum absolute atomic E-state index is 0.0143. The van der Waals surface area contributed by atoms with Crippen molar-refractivity contribution in [3.63, 3.8) is 0 Å². The largest absolute Gasteiger partial charge is 0.489 e. The summed E-state index contributed by atoms with van der Waals surface area (Å²) in [5.74, 6) is -1.67. The number of nitrogens with one attached hydrogen (secondary N) is 1. The Kier molecular flexibility index (Phi) is 9.02. The van der Waals surface area contributed by atoms with Crippen LogP contribution in [0.25, 0.3) is 0 Å². The van der Waals surface area contributed by atoms with Crippen LogP contribution >= 0.6 is 23.4 Å². The standard InChI is InChI=1S/C20H19ClF3NO5S/c1-28-7-8-29-17-6-3-12(20(22,23)24)9-16(17)25-18(26)11-30-19(27)14-10-13(31-2)4-5-15(14)21/h3-6,9-10H,7-8,11H2,1-2H3,(H,25,26). The van der Waals surface area contributed by atoms with Crippen LogP contribution in [0.2, 0.25) is 5.02 Å². The molecule has 6 nitrogen and oxygen atoms in total. The highest BCUT2D eigenvalue weighted by Gasteiger charge is 2.31. The molecule has 2 aromatic carbocycles. The van der Waals surface area contributed by atoms with Crippen molar-refractivity contribution >= 4 is 40.9 Å². The average molecular weight is 478 g/mol. The molecular weight excluding hydrogens is 459 g/mol. The van der Waals surface area contributed by atoms with E-state index in [0.717, 1.165) is 23.1 Å². The molecular formula is C20H19ClF3NO5S. The SMILES string of the molecule is COCCOc1ccc(C(F)(F)F)cc1NC(=O)COC(=O)c1cc(SC)ccc1Cl. The van der Waals surface area contributed by atoms with Crippen LogP contribution in [0.15, 0.2) is 41.3 Å². The van der Waals surface area contributed by atoms with Crippen molar-refractivity contribution in [3.8, 4) is 5.75 Å². The topological polar surface area (TPSA) is 73.9 Å². The van der Waals surface area contributed by atoms with E-state index in [2.05, 4.69) is 5.32 Å². The van der Waals surface area contributed by atoms with Gasteiger partial charge in [0.25, 0.3) is 5.91 Å². The fourth-order valence-corrected chi connectivity index (χ4v) is 2.98. The van der Waals surface area contributed by atoms with Gasteiger partial charge in [-0.05, 0) is 42.7 Å². The second-order valence-electron chi connectivity index (χ2n) is 6.02. The van der Waals surface area contributed by atoms with Crippen molar-refractivity contribution < 1.29 is 37.0 Å². The summed E-state index contributed by atoms with van der Waals surface area (Å²) in [5, 5.41) is 2.42. The molecule has 1 N–H and O–H groups in total. The lowest BCUT2D eigenvalue weighted by molar-refractivity contribution is -0.137. The van der Waals surface area contributed by atoms with Gasteiger partial charge in [0.15, 0.2) is 6.61 Å². The maximum absolute atomic E-state index is 13.0. The second-order valence-corrected chi connectivity index (χ2v) is 7.31. The van der Waals surface area contributed by atoms with E-state index < -0.39 is 30.2 Å². The lowest BCUT2D eigenvalue weighted by atomic mass is 10.1. The predicted molar refractivity (Wildman–Crippen MR) is 111 cm³/mol. The van der Waals surface area contributed by atoms with Crippen LogP contribution in [-0.4, -0.2) is 45.1 Å². The number of esters is 1. The summed E-state index contributed by atoms with van der Waals surface area (Å²) in [6, 6.07) is 7.42. The van der Waals surface area contributed by atoms with Crippen molar-refractivity contribution in [2.75, 3.05) is 38.5 Å². The van der Waals surface area contributed by atoms with E-state index in [0.29, 0.717) is 0 Å². The van der Waals surface area contributed by atoms with Gasteiger partial charge in [-0.2, -0.15) is 13.2 Å². The molecule has 0 atom stereocenters. The first-order valence-electron chi connectivity index (χ1n) is 8.79. The van der Waals surface area contributed by atoms with Crippen LogP contribution in [0.3, 0.4) is 0 Å². The van der Waals surface area contributed by atoms with Gasteiger partial charge in [-0.1, -0.05) is 11.6 Å². The molecule has 0 saturated heterocycles. The van der Waals surface area contributed by atoms with Crippen LogP contribution in [0, 0.1) is 0 Å². The van der Waals surface area contributed by atoms with E-state index in [1.165, 1.54) is 31.0 Å². The van der Waals surface area contributed by atoms with Gasteiger partial charge in [0, 0.05) is 12.0 Å². The number of thioether (sulfide) groups is 1. The molecule has 1 amide bonds. The first-order valence-corrected chi connectivity index (χ1v) is 10.4. The number of ether oxygens (including phenoxy) is 3. The molecule has 0 heterocycles. The Morgan fingerprint density at radius 1 is 1.13 bits per heavy atom. The molecule has 0 spiro atoms. The molecule has 0 aliphatic carbocycles. The van der Waals surface area contributed by atoms with Gasteiger partial charge in [0.2, 0.25) is 0 Å². The number of carbonyl (C=O) groups is 2. The summed E-state index contributed by atoms with van der Waals surface area (Å²) < 4.78 is 54.2. The Morgan fingerprint density at radius 3 is 2.52 bits per heavy atom. The van der Waals surface area contributed by atoms with Gasteiger partial charge >= 0.3 is 12.1 Å². The highest BCUT2D eigenvalue weighted by atomic mass is 35.5. The third-order valence-electron chi connectivity index (χ3n) is 3.85. The molecule has 0 aliphatic rings. The Labute approximate surface area is 186 Å². The van der Waals surface area contributed by atoms with Crippen molar-refractivity contribution in [1.82, 2.24) is 0 Å². The molecule has 0 fully saturated rings. The van der Waals surface area contributed by atoms with E-state index >= 15 is 0 Å². The zero-order valence-corrected chi connectivity index (χ0v) is 18.1. The summed E-state index contributed by atoms with van der Waals surface area (Å²) >= 11 is 7.38. The molecule has 2 rings (SSSR count). The van der Waals surface area contributed by atoms with Crippen molar-refractivity contribution in [2.24, 2.45) is 0 Å². The molecule has 168 valence electrons. The lowest BCUT2D eigenvalue weighted by Gasteiger charge is -2.15. The fraction of sp³-hybridized carbons (Fsp3) is 0.300. The van der Waals surface area contributed by atoms with Crippen molar-refractivity contribution in [1.29, 1.82) is 0 Å². The zero-order valence-electron chi connectivity index (χ0n) is 16.5. The number of hydrogen-bond acceptors (Lipinski definition) is 6. The molecule has 31 heavy (non-hydrogen) atoms. The number of benzene rings is 2. The van der Waals surface area contributed by atoms with E-state index in [-0.39, 0.29) is 35.2 Å². The monoisotopic (exact) mass is 477 g/mol. The van der Waals surface area contributed by atoms with Crippen molar-refractivity contribution in [2.45, 2.75) is 11.1 Å². The van der Waals surface area contributed by atoms with E-state index in [1.807, 2.05) is 6.26 Å². The van der Waals surface area contributed by atoms with E-state index in [4.69, 9.17) is 25.8 Å². The Bertz CT molecular complexity index is 940. The van der Waals surface area contributed by atoms with Gasteiger partial charge in [-0.15, -0.1) is 11.8 Å². The quantitative estimate of drug-likeness (QED) is 0.314. The number of rotatable bonds is 9. The molecule has 0 radical (unpaired) electrons. The third-order valence-corrected chi connectivity index (χ3v) is 4.91. The molecule has 0 unspecified atom stereocenters. The number of halogens is 4. The maximum Gasteiger partial charge on any atom is 0.416 e. The summed E-state index contributed by atoms with van der Waals surface area (Å²) in [7, 11) is 1.44.